The molecule has 2 aliphatic carbocycles. The van der Waals surface area contributed by atoms with E-state index in [1.807, 2.05) is 6.92 Å². The highest BCUT2D eigenvalue weighted by molar-refractivity contribution is 5.88. The Bertz CT molecular complexity index is 437. The molecule has 0 radical (unpaired) electrons. The van der Waals surface area contributed by atoms with Crippen molar-refractivity contribution in [2.24, 2.45) is 17.3 Å². The van der Waals surface area contributed by atoms with Crippen LogP contribution in [0.25, 0.3) is 0 Å². The lowest BCUT2D eigenvalue weighted by Gasteiger charge is -2.54. The molecule has 4 atom stereocenters. The smallest absolute Gasteiger partial charge is 0.156 e. The SMILES string of the molecule is C=C1C(C)CC[C@@]2(C)C1CC=C(C=O)[C@]2(O)C=O. The van der Waals surface area contributed by atoms with Gasteiger partial charge >= 0.3 is 0 Å². The molecule has 0 aliphatic heterocycles. The first-order chi connectivity index (χ1) is 8.40. The Labute approximate surface area is 108 Å². The summed E-state index contributed by atoms with van der Waals surface area (Å²) in [5.74, 6) is 0.477. The number of rotatable bonds is 2. The van der Waals surface area contributed by atoms with Crippen LogP contribution in [0.15, 0.2) is 23.8 Å². The number of carbonyl (C=O) groups is 2. The third-order valence-corrected chi connectivity index (χ3v) is 5.13. The first-order valence-electron chi connectivity index (χ1n) is 6.44. The summed E-state index contributed by atoms with van der Waals surface area (Å²) in [7, 11) is 0. The fraction of sp³-hybridized carbons (Fsp3) is 0.600. The standard InChI is InChI=1S/C15H20O3/c1-10-6-7-14(3)13(11(10)2)5-4-12(8-16)15(14,18)9-17/h4,8-10,13,18H,2,5-7H2,1,3H3/t10?,13?,14-,15+/m0/s1. The van der Waals surface area contributed by atoms with E-state index in [2.05, 4.69) is 13.5 Å². The van der Waals surface area contributed by atoms with Crippen molar-refractivity contribution in [1.82, 2.24) is 0 Å². The highest BCUT2D eigenvalue weighted by atomic mass is 16.3. The zero-order valence-electron chi connectivity index (χ0n) is 11.0. The fourth-order valence-corrected chi connectivity index (χ4v) is 3.57. The molecular weight excluding hydrogens is 228 g/mol. The Morgan fingerprint density at radius 2 is 2.17 bits per heavy atom. The maximum Gasteiger partial charge on any atom is 0.156 e. The third-order valence-electron chi connectivity index (χ3n) is 5.13. The number of aliphatic hydroxyl groups is 1. The molecule has 18 heavy (non-hydrogen) atoms. The summed E-state index contributed by atoms with van der Waals surface area (Å²) >= 11 is 0. The van der Waals surface area contributed by atoms with E-state index in [9.17, 15) is 14.7 Å². The average molecular weight is 248 g/mol. The van der Waals surface area contributed by atoms with E-state index in [0.717, 1.165) is 18.4 Å². The highest BCUT2D eigenvalue weighted by Crippen LogP contribution is 2.56. The summed E-state index contributed by atoms with van der Waals surface area (Å²) in [4.78, 5) is 22.5. The molecule has 98 valence electrons. The third kappa shape index (κ3) is 1.46. The van der Waals surface area contributed by atoms with Crippen LogP contribution >= 0.6 is 0 Å². The van der Waals surface area contributed by atoms with Crippen LogP contribution in [0.2, 0.25) is 0 Å². The van der Waals surface area contributed by atoms with Crippen molar-refractivity contribution in [3.05, 3.63) is 23.8 Å². The van der Waals surface area contributed by atoms with Gasteiger partial charge in [0.25, 0.3) is 0 Å². The van der Waals surface area contributed by atoms with Gasteiger partial charge < -0.3 is 5.11 Å². The fourth-order valence-electron chi connectivity index (χ4n) is 3.57. The van der Waals surface area contributed by atoms with Gasteiger partial charge in [-0.1, -0.05) is 32.1 Å². The van der Waals surface area contributed by atoms with Crippen LogP contribution in [0.3, 0.4) is 0 Å². The summed E-state index contributed by atoms with van der Waals surface area (Å²) < 4.78 is 0. The molecule has 3 heteroatoms. The Kier molecular flexibility index (Phi) is 3.06. The van der Waals surface area contributed by atoms with Crippen molar-refractivity contribution in [3.63, 3.8) is 0 Å². The molecule has 3 nitrogen and oxygen atoms in total. The highest BCUT2D eigenvalue weighted by Gasteiger charge is 2.58. The van der Waals surface area contributed by atoms with E-state index in [1.165, 1.54) is 0 Å². The molecule has 2 aliphatic rings. The molecule has 1 N–H and O–H groups in total. The molecule has 0 aromatic rings. The quantitative estimate of drug-likeness (QED) is 0.601. The molecule has 0 spiro atoms. The summed E-state index contributed by atoms with van der Waals surface area (Å²) in [5.41, 5.74) is -0.979. The van der Waals surface area contributed by atoms with Crippen molar-refractivity contribution < 1.29 is 14.7 Å². The van der Waals surface area contributed by atoms with Gasteiger partial charge in [0.15, 0.2) is 11.9 Å². The maximum absolute atomic E-state index is 11.4. The second-order valence-corrected chi connectivity index (χ2v) is 5.88. The molecule has 0 aromatic heterocycles. The van der Waals surface area contributed by atoms with Crippen molar-refractivity contribution in [1.29, 1.82) is 0 Å². The van der Waals surface area contributed by atoms with Gasteiger partial charge in [-0.2, -0.15) is 0 Å². The molecule has 0 saturated heterocycles. The molecule has 0 heterocycles. The van der Waals surface area contributed by atoms with Crippen LogP contribution in [0.1, 0.15) is 33.1 Å². The van der Waals surface area contributed by atoms with Crippen LogP contribution in [0.4, 0.5) is 0 Å². The Morgan fingerprint density at radius 3 is 2.72 bits per heavy atom. The van der Waals surface area contributed by atoms with Crippen molar-refractivity contribution in [2.45, 2.75) is 38.7 Å². The number of carbonyl (C=O) groups excluding carboxylic acids is 2. The van der Waals surface area contributed by atoms with Crippen molar-refractivity contribution in [2.75, 3.05) is 0 Å². The van der Waals surface area contributed by atoms with Gasteiger partial charge in [0, 0.05) is 11.0 Å². The second-order valence-electron chi connectivity index (χ2n) is 5.88. The molecule has 0 amide bonds. The topological polar surface area (TPSA) is 54.4 Å². The van der Waals surface area contributed by atoms with Gasteiger partial charge in [0.1, 0.15) is 6.29 Å². The maximum atomic E-state index is 11.4. The van der Waals surface area contributed by atoms with E-state index < -0.39 is 11.0 Å². The van der Waals surface area contributed by atoms with Crippen LogP contribution in [0, 0.1) is 17.3 Å². The average Bonchev–Trinajstić information content (AvgIpc) is 2.37. The lowest BCUT2D eigenvalue weighted by Crippen LogP contribution is -2.58. The molecule has 1 saturated carbocycles. The molecule has 2 rings (SSSR count). The number of aldehydes is 2. The normalized spacial score (nSPS) is 43.9. The summed E-state index contributed by atoms with van der Waals surface area (Å²) in [6, 6.07) is 0. The Morgan fingerprint density at radius 1 is 1.50 bits per heavy atom. The van der Waals surface area contributed by atoms with Gasteiger partial charge in [-0.3, -0.25) is 9.59 Å². The van der Waals surface area contributed by atoms with Gasteiger partial charge in [-0.25, -0.2) is 0 Å². The Balaban J connectivity index is 2.55. The van der Waals surface area contributed by atoms with Gasteiger partial charge in [-0.15, -0.1) is 0 Å². The van der Waals surface area contributed by atoms with Crippen molar-refractivity contribution >= 4 is 12.6 Å². The molecule has 0 bridgehead atoms. The second kappa shape index (κ2) is 4.16. The molecular formula is C15H20O3. The molecule has 0 aromatic carbocycles. The lowest BCUT2D eigenvalue weighted by molar-refractivity contribution is -0.144. The first kappa shape index (κ1) is 13.2. The minimum atomic E-state index is -1.67. The first-order valence-corrected chi connectivity index (χ1v) is 6.44. The Hall–Kier alpha value is -1.22. The van der Waals surface area contributed by atoms with Crippen LogP contribution in [-0.2, 0) is 9.59 Å². The largest absolute Gasteiger partial charge is 0.377 e. The monoisotopic (exact) mass is 248 g/mol. The van der Waals surface area contributed by atoms with E-state index >= 15 is 0 Å². The number of fused-ring (bicyclic) bond motifs is 1. The predicted octanol–water partition coefficient (Wildman–Crippen LogP) is 2.05. The minimum absolute atomic E-state index is 0.0696. The lowest BCUT2D eigenvalue weighted by atomic mass is 9.51. The predicted molar refractivity (Wildman–Crippen MR) is 68.9 cm³/mol. The van der Waals surface area contributed by atoms with E-state index in [4.69, 9.17) is 0 Å². The summed E-state index contributed by atoms with van der Waals surface area (Å²) in [6.45, 7) is 8.16. The summed E-state index contributed by atoms with van der Waals surface area (Å²) in [6.07, 6.45) is 5.15. The number of hydrogen-bond acceptors (Lipinski definition) is 3. The van der Waals surface area contributed by atoms with E-state index in [1.54, 1.807) is 6.08 Å². The summed E-state index contributed by atoms with van der Waals surface area (Å²) in [5, 5.41) is 10.7. The zero-order valence-corrected chi connectivity index (χ0v) is 11.0. The number of allylic oxidation sites excluding steroid dienone is 2. The van der Waals surface area contributed by atoms with Crippen LogP contribution in [-0.4, -0.2) is 23.3 Å². The van der Waals surface area contributed by atoms with Crippen LogP contribution < -0.4 is 0 Å². The van der Waals surface area contributed by atoms with Crippen molar-refractivity contribution in [3.8, 4) is 0 Å². The van der Waals surface area contributed by atoms with Gasteiger partial charge in [-0.05, 0) is 31.1 Å². The zero-order chi connectivity index (χ0) is 13.6. The van der Waals surface area contributed by atoms with Gasteiger partial charge in [0.05, 0.1) is 0 Å². The van der Waals surface area contributed by atoms with E-state index in [0.29, 0.717) is 24.9 Å². The van der Waals surface area contributed by atoms with E-state index in [-0.39, 0.29) is 11.5 Å². The molecule has 2 unspecified atom stereocenters. The van der Waals surface area contributed by atoms with Gasteiger partial charge in [0.2, 0.25) is 0 Å². The number of hydrogen-bond donors (Lipinski definition) is 1. The molecule has 1 fully saturated rings. The van der Waals surface area contributed by atoms with Crippen LogP contribution in [0.5, 0.6) is 0 Å². The minimum Gasteiger partial charge on any atom is -0.377 e.